The summed E-state index contributed by atoms with van der Waals surface area (Å²) in [6.45, 7) is 7.44. The fourth-order valence-corrected chi connectivity index (χ4v) is 1.92. The normalized spacial score (nSPS) is 23.1. The van der Waals surface area contributed by atoms with Crippen LogP contribution in [0.25, 0.3) is 0 Å². The number of carbonyl (C=O) groups excluding carboxylic acids is 1. The molecule has 0 unspecified atom stereocenters. The second-order valence-electron chi connectivity index (χ2n) is 6.46. The Labute approximate surface area is 116 Å². The van der Waals surface area contributed by atoms with Gasteiger partial charge < -0.3 is 19.7 Å². The Morgan fingerprint density at radius 1 is 1.32 bits per heavy atom. The second kappa shape index (κ2) is 7.10. The molecule has 0 saturated heterocycles. The molecule has 0 radical (unpaired) electrons. The van der Waals surface area contributed by atoms with Crippen molar-refractivity contribution in [3.8, 4) is 0 Å². The summed E-state index contributed by atoms with van der Waals surface area (Å²) < 4.78 is 10.9. The minimum atomic E-state index is -0.435. The molecule has 0 aromatic rings. The number of amides is 1. The minimum Gasteiger partial charge on any atom is -0.444 e. The number of rotatable bonds is 6. The summed E-state index contributed by atoms with van der Waals surface area (Å²) in [5.74, 6) is 0. The molecule has 112 valence electrons. The van der Waals surface area contributed by atoms with Gasteiger partial charge in [0.2, 0.25) is 0 Å². The van der Waals surface area contributed by atoms with Crippen molar-refractivity contribution in [2.45, 2.75) is 57.8 Å². The Morgan fingerprint density at radius 2 is 1.95 bits per heavy atom. The molecule has 0 atom stereocenters. The predicted molar refractivity (Wildman–Crippen MR) is 75.3 cm³/mol. The standard InChI is InChI=1S/C14H28N2O3/c1-14(2,3)19-13(17)15-11-9-12(10-11)18-8-6-7-16(4)5/h11-12H,6-10H2,1-5H3,(H,15,17). The van der Waals surface area contributed by atoms with E-state index in [9.17, 15) is 4.79 Å². The van der Waals surface area contributed by atoms with Crippen molar-refractivity contribution in [2.24, 2.45) is 0 Å². The molecule has 0 spiro atoms. The summed E-state index contributed by atoms with van der Waals surface area (Å²) in [6, 6.07) is 0.202. The zero-order valence-electron chi connectivity index (χ0n) is 12.9. The summed E-state index contributed by atoms with van der Waals surface area (Å²) in [5, 5.41) is 2.86. The molecule has 5 nitrogen and oxygen atoms in total. The highest BCUT2D eigenvalue weighted by Crippen LogP contribution is 2.23. The molecule has 1 aliphatic rings. The number of alkyl carbamates (subject to hydrolysis) is 1. The average molecular weight is 272 g/mol. The van der Waals surface area contributed by atoms with E-state index in [1.807, 2.05) is 20.8 Å². The number of nitrogens with zero attached hydrogens (tertiary/aromatic N) is 1. The molecule has 0 aromatic heterocycles. The third-order valence-electron chi connectivity index (χ3n) is 2.92. The predicted octanol–water partition coefficient (Wildman–Crippen LogP) is 2.01. The van der Waals surface area contributed by atoms with Crippen LogP contribution >= 0.6 is 0 Å². The number of nitrogens with one attached hydrogen (secondary N) is 1. The Hall–Kier alpha value is -0.810. The van der Waals surface area contributed by atoms with Crippen LogP contribution < -0.4 is 5.32 Å². The monoisotopic (exact) mass is 272 g/mol. The zero-order valence-corrected chi connectivity index (χ0v) is 12.9. The fraction of sp³-hybridized carbons (Fsp3) is 0.929. The molecule has 0 aromatic carbocycles. The smallest absolute Gasteiger partial charge is 0.407 e. The maximum Gasteiger partial charge on any atom is 0.407 e. The molecule has 0 heterocycles. The first-order valence-electron chi connectivity index (χ1n) is 7.02. The highest BCUT2D eigenvalue weighted by atomic mass is 16.6. The van der Waals surface area contributed by atoms with Crippen LogP contribution in [0.3, 0.4) is 0 Å². The molecule has 19 heavy (non-hydrogen) atoms. The Morgan fingerprint density at radius 3 is 2.47 bits per heavy atom. The van der Waals surface area contributed by atoms with Crippen LogP contribution in [0.4, 0.5) is 4.79 Å². The first-order chi connectivity index (χ1) is 8.76. The van der Waals surface area contributed by atoms with Crippen molar-refractivity contribution >= 4 is 6.09 Å². The summed E-state index contributed by atoms with van der Waals surface area (Å²) in [4.78, 5) is 13.7. The SMILES string of the molecule is CN(C)CCCOC1CC(NC(=O)OC(C)(C)C)C1. The van der Waals surface area contributed by atoms with Gasteiger partial charge in [0, 0.05) is 12.6 Å². The lowest BCUT2D eigenvalue weighted by Gasteiger charge is -2.36. The van der Waals surface area contributed by atoms with Crippen LogP contribution in [0.5, 0.6) is 0 Å². The average Bonchev–Trinajstić information content (AvgIpc) is 2.16. The summed E-state index contributed by atoms with van der Waals surface area (Å²) in [7, 11) is 4.12. The van der Waals surface area contributed by atoms with Crippen LogP contribution in [-0.2, 0) is 9.47 Å². The maximum atomic E-state index is 11.5. The number of hydrogen-bond donors (Lipinski definition) is 1. The van der Waals surface area contributed by atoms with E-state index < -0.39 is 5.60 Å². The highest BCUT2D eigenvalue weighted by Gasteiger charge is 2.32. The van der Waals surface area contributed by atoms with E-state index >= 15 is 0 Å². The lowest BCUT2D eigenvalue weighted by molar-refractivity contribution is -0.0218. The van der Waals surface area contributed by atoms with Gasteiger partial charge in [0.25, 0.3) is 0 Å². The quantitative estimate of drug-likeness (QED) is 0.752. The molecule has 1 fully saturated rings. The molecular formula is C14H28N2O3. The molecule has 1 aliphatic carbocycles. The van der Waals surface area contributed by atoms with E-state index in [0.29, 0.717) is 6.10 Å². The molecule has 1 rings (SSSR count). The van der Waals surface area contributed by atoms with Gasteiger partial charge in [0.1, 0.15) is 5.60 Å². The summed E-state index contributed by atoms with van der Waals surface area (Å²) >= 11 is 0. The molecule has 5 heteroatoms. The van der Waals surface area contributed by atoms with Crippen molar-refractivity contribution < 1.29 is 14.3 Å². The lowest BCUT2D eigenvalue weighted by atomic mass is 9.89. The van der Waals surface area contributed by atoms with E-state index in [2.05, 4.69) is 24.3 Å². The van der Waals surface area contributed by atoms with Crippen LogP contribution in [0.15, 0.2) is 0 Å². The van der Waals surface area contributed by atoms with Crippen molar-refractivity contribution in [1.82, 2.24) is 10.2 Å². The molecule has 1 saturated carbocycles. The molecule has 0 aliphatic heterocycles. The van der Waals surface area contributed by atoms with Crippen LogP contribution in [0, 0.1) is 0 Å². The van der Waals surface area contributed by atoms with Gasteiger partial charge in [-0.15, -0.1) is 0 Å². The first kappa shape index (κ1) is 16.2. The molecule has 1 amide bonds. The first-order valence-corrected chi connectivity index (χ1v) is 7.02. The zero-order chi connectivity index (χ0) is 14.5. The molecular weight excluding hydrogens is 244 g/mol. The van der Waals surface area contributed by atoms with Gasteiger partial charge in [-0.25, -0.2) is 4.79 Å². The number of ether oxygens (including phenoxy) is 2. The molecule has 1 N–H and O–H groups in total. The Balaban J connectivity index is 2.02. The Bertz CT molecular complexity index is 281. The van der Waals surface area contributed by atoms with E-state index in [0.717, 1.165) is 32.4 Å². The van der Waals surface area contributed by atoms with Gasteiger partial charge >= 0.3 is 6.09 Å². The van der Waals surface area contributed by atoms with Crippen molar-refractivity contribution in [2.75, 3.05) is 27.2 Å². The summed E-state index contributed by atoms with van der Waals surface area (Å²) in [6.07, 6.45) is 2.79. The third kappa shape index (κ3) is 7.38. The van der Waals surface area contributed by atoms with Gasteiger partial charge in [-0.2, -0.15) is 0 Å². The van der Waals surface area contributed by atoms with E-state index in [4.69, 9.17) is 9.47 Å². The fourth-order valence-electron chi connectivity index (χ4n) is 1.92. The largest absolute Gasteiger partial charge is 0.444 e. The highest BCUT2D eigenvalue weighted by molar-refractivity contribution is 5.68. The Kier molecular flexibility index (Phi) is 6.07. The maximum absolute atomic E-state index is 11.5. The van der Waals surface area contributed by atoms with E-state index in [1.165, 1.54) is 0 Å². The van der Waals surface area contributed by atoms with Crippen LogP contribution in [-0.4, -0.2) is 56.0 Å². The van der Waals surface area contributed by atoms with E-state index in [1.54, 1.807) is 0 Å². The lowest BCUT2D eigenvalue weighted by Crippen LogP contribution is -2.49. The summed E-state index contributed by atoms with van der Waals surface area (Å²) in [5.41, 5.74) is -0.435. The minimum absolute atomic E-state index is 0.202. The third-order valence-corrected chi connectivity index (χ3v) is 2.92. The molecule has 0 bridgehead atoms. The van der Waals surface area contributed by atoms with Gasteiger partial charge in [-0.3, -0.25) is 0 Å². The van der Waals surface area contributed by atoms with Crippen LogP contribution in [0.1, 0.15) is 40.0 Å². The van der Waals surface area contributed by atoms with Crippen molar-refractivity contribution in [3.63, 3.8) is 0 Å². The number of carbonyl (C=O) groups is 1. The van der Waals surface area contributed by atoms with Crippen LogP contribution in [0.2, 0.25) is 0 Å². The topological polar surface area (TPSA) is 50.8 Å². The number of hydrogen-bond acceptors (Lipinski definition) is 4. The van der Waals surface area contributed by atoms with Gasteiger partial charge in [0.05, 0.1) is 6.10 Å². The van der Waals surface area contributed by atoms with Gasteiger partial charge in [0.15, 0.2) is 0 Å². The van der Waals surface area contributed by atoms with E-state index in [-0.39, 0.29) is 12.1 Å². The van der Waals surface area contributed by atoms with Crippen molar-refractivity contribution in [3.05, 3.63) is 0 Å². The van der Waals surface area contributed by atoms with Gasteiger partial charge in [-0.05, 0) is 60.7 Å². The van der Waals surface area contributed by atoms with Gasteiger partial charge in [-0.1, -0.05) is 0 Å². The van der Waals surface area contributed by atoms with Crippen molar-refractivity contribution in [1.29, 1.82) is 0 Å². The second-order valence-corrected chi connectivity index (χ2v) is 6.46.